The normalized spacial score (nSPS) is 11.3. The lowest BCUT2D eigenvalue weighted by Gasteiger charge is -2.18. The molecule has 0 saturated carbocycles. The summed E-state index contributed by atoms with van der Waals surface area (Å²) in [7, 11) is -1.63. The van der Waals surface area contributed by atoms with E-state index in [2.05, 4.69) is 15.9 Å². The predicted octanol–water partition coefficient (Wildman–Crippen LogP) is 3.41. The molecule has 0 bridgehead atoms. The predicted molar refractivity (Wildman–Crippen MR) is 107 cm³/mol. The highest BCUT2D eigenvalue weighted by Crippen LogP contribution is 2.30. The molecule has 146 valence electrons. The summed E-state index contributed by atoms with van der Waals surface area (Å²) in [5.74, 6) is 0.106. The van der Waals surface area contributed by atoms with Crippen LogP contribution in [0.3, 0.4) is 0 Å². The van der Waals surface area contributed by atoms with Crippen LogP contribution >= 0.6 is 15.9 Å². The number of carbonyl (C=O) groups is 1. The Hall–Kier alpha value is -2.06. The molecule has 2 aromatic rings. The number of rotatable bonds is 7. The van der Waals surface area contributed by atoms with E-state index in [0.717, 1.165) is 11.8 Å². The van der Waals surface area contributed by atoms with Crippen LogP contribution < -0.4 is 4.74 Å². The van der Waals surface area contributed by atoms with Gasteiger partial charge < -0.3 is 14.7 Å². The van der Waals surface area contributed by atoms with Crippen molar-refractivity contribution in [1.82, 2.24) is 4.90 Å². The van der Waals surface area contributed by atoms with Crippen LogP contribution in [0.15, 0.2) is 45.8 Å². The van der Waals surface area contributed by atoms with Crippen molar-refractivity contribution in [2.75, 3.05) is 26.5 Å². The lowest BCUT2D eigenvalue weighted by molar-refractivity contribution is 0.0784. The average molecular weight is 456 g/mol. The lowest BCUT2D eigenvalue weighted by atomic mass is 10.1. The maximum Gasteiger partial charge on any atom is 0.257 e. The van der Waals surface area contributed by atoms with Crippen molar-refractivity contribution in [2.24, 2.45) is 0 Å². The maximum absolute atomic E-state index is 12.5. The lowest BCUT2D eigenvalue weighted by Crippen LogP contribution is -2.28. The minimum atomic E-state index is -3.28. The molecule has 1 amide bonds. The van der Waals surface area contributed by atoms with Crippen molar-refractivity contribution in [1.29, 1.82) is 0 Å². The second kappa shape index (κ2) is 8.75. The molecule has 0 unspecified atom stereocenters. The SMILES string of the molecule is Cc1cc(Br)c(O)c(C(=O)N(C)CCCOc2cccc(S(C)(=O)=O)c2)c1. The number of nitrogens with zero attached hydrogens (tertiary/aromatic N) is 1. The van der Waals surface area contributed by atoms with Crippen molar-refractivity contribution in [3.8, 4) is 11.5 Å². The Bertz CT molecular complexity index is 943. The van der Waals surface area contributed by atoms with E-state index >= 15 is 0 Å². The number of amides is 1. The van der Waals surface area contributed by atoms with Crippen molar-refractivity contribution in [3.63, 3.8) is 0 Å². The number of halogens is 1. The van der Waals surface area contributed by atoms with Gasteiger partial charge >= 0.3 is 0 Å². The van der Waals surface area contributed by atoms with E-state index in [0.29, 0.717) is 29.8 Å². The van der Waals surface area contributed by atoms with Gasteiger partial charge in [0.2, 0.25) is 0 Å². The number of ether oxygens (including phenoxy) is 1. The third kappa shape index (κ3) is 5.71. The van der Waals surface area contributed by atoms with Crippen molar-refractivity contribution in [3.05, 3.63) is 52.0 Å². The van der Waals surface area contributed by atoms with E-state index in [-0.39, 0.29) is 22.1 Å². The van der Waals surface area contributed by atoms with Gasteiger partial charge in [0.1, 0.15) is 11.5 Å². The van der Waals surface area contributed by atoms with Crippen LogP contribution in [0.25, 0.3) is 0 Å². The molecule has 1 N–H and O–H groups in total. The Balaban J connectivity index is 1.91. The van der Waals surface area contributed by atoms with Crippen LogP contribution in [0.4, 0.5) is 0 Å². The quantitative estimate of drug-likeness (QED) is 0.646. The van der Waals surface area contributed by atoms with Gasteiger partial charge in [0.05, 0.1) is 21.5 Å². The Morgan fingerprint density at radius 3 is 2.63 bits per heavy atom. The fraction of sp³-hybridized carbons (Fsp3) is 0.316. The molecule has 0 fully saturated rings. The van der Waals surface area contributed by atoms with Gasteiger partial charge in [0.15, 0.2) is 9.84 Å². The van der Waals surface area contributed by atoms with Gasteiger partial charge in [-0.15, -0.1) is 0 Å². The van der Waals surface area contributed by atoms with Crippen LogP contribution in [-0.4, -0.2) is 50.8 Å². The van der Waals surface area contributed by atoms with E-state index < -0.39 is 9.84 Å². The van der Waals surface area contributed by atoms with E-state index in [1.54, 1.807) is 31.3 Å². The topological polar surface area (TPSA) is 83.9 Å². The van der Waals surface area contributed by atoms with Crippen LogP contribution in [-0.2, 0) is 9.84 Å². The average Bonchev–Trinajstić information content (AvgIpc) is 2.60. The molecule has 0 aliphatic rings. The fourth-order valence-corrected chi connectivity index (χ4v) is 3.72. The van der Waals surface area contributed by atoms with E-state index in [1.165, 1.54) is 17.0 Å². The zero-order chi connectivity index (χ0) is 20.2. The summed E-state index contributed by atoms with van der Waals surface area (Å²) in [6.07, 6.45) is 1.70. The van der Waals surface area contributed by atoms with Crippen LogP contribution in [0.5, 0.6) is 11.5 Å². The number of phenolic OH excluding ortho intramolecular Hbond substituents is 1. The summed E-state index contributed by atoms with van der Waals surface area (Å²) in [6.45, 7) is 2.60. The number of aryl methyl sites for hydroxylation is 1. The highest BCUT2D eigenvalue weighted by molar-refractivity contribution is 9.10. The Morgan fingerprint density at radius 1 is 1.26 bits per heavy atom. The summed E-state index contributed by atoms with van der Waals surface area (Å²) in [5, 5.41) is 10.1. The Labute approximate surface area is 167 Å². The molecule has 0 radical (unpaired) electrons. The highest BCUT2D eigenvalue weighted by atomic mass is 79.9. The van der Waals surface area contributed by atoms with E-state index in [9.17, 15) is 18.3 Å². The third-order valence-corrected chi connectivity index (χ3v) is 5.64. The summed E-state index contributed by atoms with van der Waals surface area (Å²) in [5.41, 5.74) is 1.11. The molecule has 0 spiro atoms. The largest absolute Gasteiger partial charge is 0.506 e. The van der Waals surface area contributed by atoms with Crippen LogP contribution in [0.2, 0.25) is 0 Å². The van der Waals surface area contributed by atoms with Gasteiger partial charge in [-0.25, -0.2) is 8.42 Å². The minimum Gasteiger partial charge on any atom is -0.506 e. The number of hydrogen-bond donors (Lipinski definition) is 1. The highest BCUT2D eigenvalue weighted by Gasteiger charge is 2.18. The molecule has 0 aromatic heterocycles. The first-order valence-electron chi connectivity index (χ1n) is 8.27. The van der Waals surface area contributed by atoms with Gasteiger partial charge in [-0.2, -0.15) is 0 Å². The fourth-order valence-electron chi connectivity index (χ4n) is 2.49. The smallest absolute Gasteiger partial charge is 0.257 e. The molecule has 8 heteroatoms. The monoisotopic (exact) mass is 455 g/mol. The molecule has 6 nitrogen and oxygen atoms in total. The molecular formula is C19H22BrNO5S. The number of sulfone groups is 1. The zero-order valence-electron chi connectivity index (χ0n) is 15.4. The molecule has 0 heterocycles. The number of phenols is 1. The van der Waals surface area contributed by atoms with Gasteiger partial charge in [-0.3, -0.25) is 4.79 Å². The first-order valence-corrected chi connectivity index (χ1v) is 11.0. The van der Waals surface area contributed by atoms with Gasteiger partial charge in [0.25, 0.3) is 5.91 Å². The molecule has 2 rings (SSSR count). The molecule has 27 heavy (non-hydrogen) atoms. The van der Waals surface area contributed by atoms with Crippen molar-refractivity contribution in [2.45, 2.75) is 18.2 Å². The molecular weight excluding hydrogens is 434 g/mol. The molecule has 0 aliphatic heterocycles. The maximum atomic E-state index is 12.5. The zero-order valence-corrected chi connectivity index (χ0v) is 17.8. The number of benzene rings is 2. The number of hydrogen-bond acceptors (Lipinski definition) is 5. The van der Waals surface area contributed by atoms with Gasteiger partial charge in [0, 0.05) is 19.8 Å². The van der Waals surface area contributed by atoms with Crippen molar-refractivity contribution < 1.29 is 23.1 Å². The minimum absolute atomic E-state index is 0.0775. The van der Waals surface area contributed by atoms with Gasteiger partial charge in [-0.1, -0.05) is 6.07 Å². The second-order valence-corrected chi connectivity index (χ2v) is 9.19. The Morgan fingerprint density at radius 2 is 1.96 bits per heavy atom. The number of aromatic hydroxyl groups is 1. The molecule has 0 atom stereocenters. The first-order chi connectivity index (χ1) is 12.6. The summed E-state index contributed by atoms with van der Waals surface area (Å²) in [4.78, 5) is 14.2. The van der Waals surface area contributed by atoms with Crippen molar-refractivity contribution >= 4 is 31.7 Å². The van der Waals surface area contributed by atoms with Gasteiger partial charge in [-0.05, 0) is 65.2 Å². The van der Waals surface area contributed by atoms with E-state index in [4.69, 9.17) is 4.74 Å². The summed E-state index contributed by atoms with van der Waals surface area (Å²) in [6, 6.07) is 9.69. The second-order valence-electron chi connectivity index (χ2n) is 6.32. The standard InChI is InChI=1S/C19H22BrNO5S/c1-13-10-16(18(22)17(20)11-13)19(23)21(2)8-5-9-26-14-6-4-7-15(12-14)27(3,24)25/h4,6-7,10-12,22H,5,8-9H2,1-3H3. The molecule has 2 aromatic carbocycles. The summed E-state index contributed by atoms with van der Waals surface area (Å²) < 4.78 is 29.2. The molecule has 0 aliphatic carbocycles. The Kier molecular flexibility index (Phi) is 6.89. The van der Waals surface area contributed by atoms with Crippen LogP contribution in [0, 0.1) is 6.92 Å². The first kappa shape index (κ1) is 21.2. The van der Waals surface area contributed by atoms with Crippen LogP contribution in [0.1, 0.15) is 22.3 Å². The molecule has 0 saturated heterocycles. The summed E-state index contributed by atoms with van der Waals surface area (Å²) >= 11 is 3.24. The third-order valence-electron chi connectivity index (χ3n) is 3.93. The number of carbonyl (C=O) groups excluding carboxylic acids is 1. The van der Waals surface area contributed by atoms with E-state index in [1.807, 2.05) is 6.92 Å².